The lowest BCUT2D eigenvalue weighted by molar-refractivity contribution is -0.139. The van der Waals surface area contributed by atoms with Crippen LogP contribution in [0.1, 0.15) is 23.7 Å². The van der Waals surface area contributed by atoms with Crippen molar-refractivity contribution >= 4 is 27.8 Å². The van der Waals surface area contributed by atoms with E-state index in [9.17, 15) is 9.59 Å². The van der Waals surface area contributed by atoms with Crippen LogP contribution < -0.4 is 4.74 Å². The Morgan fingerprint density at radius 1 is 1.04 bits per heavy atom. The molecule has 0 heterocycles. The molecule has 0 radical (unpaired) electrons. The second kappa shape index (κ2) is 9.23. The number of rotatable bonds is 7. The first-order valence-corrected chi connectivity index (χ1v) is 8.94. The largest absolute Gasteiger partial charge is 0.425 e. The Kier molecular flexibility index (Phi) is 7.00. The molecule has 2 aromatic rings. The molecule has 0 aliphatic rings. The lowest BCUT2D eigenvalue weighted by atomic mass is 10.1. The summed E-state index contributed by atoms with van der Waals surface area (Å²) < 4.78 is 5.38. The van der Waals surface area contributed by atoms with Crippen LogP contribution in [0.4, 0.5) is 0 Å². The predicted octanol–water partition coefficient (Wildman–Crippen LogP) is 3.91. The maximum absolute atomic E-state index is 12.8. The lowest BCUT2D eigenvalue weighted by Crippen LogP contribution is -2.45. The number of amides is 1. The fraction of sp³-hybridized carbons (Fsp3) is 0.263. The van der Waals surface area contributed by atoms with Gasteiger partial charge in [0.1, 0.15) is 11.8 Å². The highest BCUT2D eigenvalue weighted by molar-refractivity contribution is 9.09. The average Bonchev–Trinajstić information content (AvgIpc) is 2.63. The van der Waals surface area contributed by atoms with Gasteiger partial charge in [0.05, 0.1) is 0 Å². The number of ether oxygens (including phenoxy) is 1. The molecule has 1 amide bonds. The Bertz CT molecular complexity index is 661. The Morgan fingerprint density at radius 3 is 2.21 bits per heavy atom. The van der Waals surface area contributed by atoms with Crippen molar-refractivity contribution in [2.24, 2.45) is 0 Å². The highest BCUT2D eigenvalue weighted by Crippen LogP contribution is 2.14. The van der Waals surface area contributed by atoms with Crippen molar-refractivity contribution in [2.75, 3.05) is 11.9 Å². The van der Waals surface area contributed by atoms with Gasteiger partial charge >= 0.3 is 5.97 Å². The third-order valence-electron chi connectivity index (χ3n) is 3.58. The minimum atomic E-state index is -0.669. The Labute approximate surface area is 150 Å². The van der Waals surface area contributed by atoms with Crippen LogP contribution in [0, 0.1) is 0 Å². The molecule has 0 saturated heterocycles. The summed E-state index contributed by atoms with van der Waals surface area (Å²) in [5.74, 6) is -0.143. The minimum Gasteiger partial charge on any atom is -0.425 e. The number of nitrogens with zero attached hydrogens (tertiary/aromatic N) is 1. The van der Waals surface area contributed by atoms with Crippen molar-refractivity contribution in [1.29, 1.82) is 0 Å². The fourth-order valence-electron chi connectivity index (χ4n) is 2.26. The van der Waals surface area contributed by atoms with Crippen LogP contribution in [0.25, 0.3) is 0 Å². The molecular weight excluding hydrogens is 370 g/mol. The van der Waals surface area contributed by atoms with E-state index in [0.717, 1.165) is 11.8 Å². The molecule has 0 saturated carbocycles. The van der Waals surface area contributed by atoms with Crippen molar-refractivity contribution in [3.63, 3.8) is 0 Å². The summed E-state index contributed by atoms with van der Waals surface area (Å²) in [7, 11) is 0. The Morgan fingerprint density at radius 2 is 1.62 bits per heavy atom. The summed E-state index contributed by atoms with van der Waals surface area (Å²) in [6.45, 7) is 2.17. The van der Waals surface area contributed by atoms with Gasteiger partial charge in [0, 0.05) is 17.4 Å². The zero-order valence-corrected chi connectivity index (χ0v) is 15.1. The quantitative estimate of drug-likeness (QED) is 0.409. The smallest absolute Gasteiger partial charge is 0.333 e. The molecule has 24 heavy (non-hydrogen) atoms. The monoisotopic (exact) mass is 389 g/mol. The lowest BCUT2D eigenvalue weighted by Gasteiger charge is -2.27. The highest BCUT2D eigenvalue weighted by Gasteiger charge is 2.27. The van der Waals surface area contributed by atoms with Crippen LogP contribution in [0.15, 0.2) is 60.7 Å². The summed E-state index contributed by atoms with van der Waals surface area (Å²) in [6, 6.07) is 17.2. The molecule has 0 spiro atoms. The standard InChI is InChI=1S/C19H20BrNO3/c1-15(19(23)24-17-11-6-3-7-12-17)21(14-8-13-20)18(22)16-9-4-2-5-10-16/h2-7,9-12,15H,8,13-14H2,1H3. The third-order valence-corrected chi connectivity index (χ3v) is 4.15. The zero-order chi connectivity index (χ0) is 17.4. The molecule has 5 heteroatoms. The van der Waals surface area contributed by atoms with Crippen LogP contribution in [0.2, 0.25) is 0 Å². The number of benzene rings is 2. The maximum Gasteiger partial charge on any atom is 0.333 e. The molecule has 0 bridgehead atoms. The van der Waals surface area contributed by atoms with E-state index in [0.29, 0.717) is 17.9 Å². The second-order valence-corrected chi connectivity index (χ2v) is 6.11. The summed E-state index contributed by atoms with van der Waals surface area (Å²) in [4.78, 5) is 26.7. The normalized spacial score (nSPS) is 11.6. The van der Waals surface area contributed by atoms with E-state index in [1.54, 1.807) is 48.2 Å². The van der Waals surface area contributed by atoms with Gasteiger partial charge in [0.25, 0.3) is 5.91 Å². The summed E-state index contributed by atoms with van der Waals surface area (Å²) in [5, 5.41) is 0.756. The molecule has 1 unspecified atom stereocenters. The minimum absolute atomic E-state index is 0.172. The van der Waals surface area contributed by atoms with Crippen LogP contribution in [0.5, 0.6) is 5.75 Å². The van der Waals surface area contributed by atoms with Crippen molar-refractivity contribution in [1.82, 2.24) is 4.90 Å². The second-order valence-electron chi connectivity index (χ2n) is 5.32. The Hall–Kier alpha value is -2.14. The molecule has 2 rings (SSSR count). The van der Waals surface area contributed by atoms with Gasteiger partial charge in [-0.05, 0) is 37.6 Å². The van der Waals surface area contributed by atoms with Gasteiger partial charge in [0.2, 0.25) is 0 Å². The number of alkyl halides is 1. The molecule has 0 N–H and O–H groups in total. The number of esters is 1. The van der Waals surface area contributed by atoms with Gasteiger partial charge in [-0.1, -0.05) is 52.3 Å². The molecule has 0 aliphatic carbocycles. The number of hydrogen-bond acceptors (Lipinski definition) is 3. The molecule has 4 nitrogen and oxygen atoms in total. The van der Waals surface area contributed by atoms with Crippen LogP contribution in [0.3, 0.4) is 0 Å². The van der Waals surface area contributed by atoms with E-state index in [4.69, 9.17) is 4.74 Å². The molecule has 126 valence electrons. The number of para-hydroxylation sites is 1. The SMILES string of the molecule is CC(C(=O)Oc1ccccc1)N(CCCBr)C(=O)c1ccccc1. The van der Waals surface area contributed by atoms with E-state index in [1.807, 2.05) is 24.3 Å². The van der Waals surface area contributed by atoms with Gasteiger partial charge in [-0.25, -0.2) is 4.79 Å². The third kappa shape index (κ3) is 4.93. The fourth-order valence-corrected chi connectivity index (χ4v) is 2.52. The van der Waals surface area contributed by atoms with E-state index < -0.39 is 12.0 Å². The first kappa shape index (κ1) is 18.2. The molecule has 0 fully saturated rings. The average molecular weight is 390 g/mol. The Balaban J connectivity index is 2.13. The van der Waals surface area contributed by atoms with Gasteiger partial charge in [0.15, 0.2) is 0 Å². The van der Waals surface area contributed by atoms with Crippen LogP contribution in [-0.4, -0.2) is 34.7 Å². The number of halogens is 1. The number of carbonyl (C=O) groups excluding carboxylic acids is 2. The van der Waals surface area contributed by atoms with Gasteiger partial charge < -0.3 is 9.64 Å². The van der Waals surface area contributed by atoms with E-state index in [1.165, 1.54) is 0 Å². The maximum atomic E-state index is 12.8. The van der Waals surface area contributed by atoms with Gasteiger partial charge in [-0.2, -0.15) is 0 Å². The molecule has 0 aromatic heterocycles. The highest BCUT2D eigenvalue weighted by atomic mass is 79.9. The van der Waals surface area contributed by atoms with Gasteiger partial charge in [-0.3, -0.25) is 4.79 Å². The summed E-state index contributed by atoms with van der Waals surface area (Å²) in [6.07, 6.45) is 0.752. The first-order chi connectivity index (χ1) is 11.6. The molecule has 0 aliphatic heterocycles. The number of hydrogen-bond donors (Lipinski definition) is 0. The van der Waals surface area contributed by atoms with Crippen molar-refractivity contribution < 1.29 is 14.3 Å². The van der Waals surface area contributed by atoms with E-state index in [-0.39, 0.29) is 5.91 Å². The molecule has 1 atom stereocenters. The van der Waals surface area contributed by atoms with Crippen molar-refractivity contribution in [3.8, 4) is 5.75 Å². The van der Waals surface area contributed by atoms with Crippen LogP contribution in [-0.2, 0) is 4.79 Å². The van der Waals surface area contributed by atoms with E-state index >= 15 is 0 Å². The van der Waals surface area contributed by atoms with Crippen molar-refractivity contribution in [2.45, 2.75) is 19.4 Å². The first-order valence-electron chi connectivity index (χ1n) is 7.82. The van der Waals surface area contributed by atoms with Crippen LogP contribution >= 0.6 is 15.9 Å². The van der Waals surface area contributed by atoms with Gasteiger partial charge in [-0.15, -0.1) is 0 Å². The molecule has 2 aromatic carbocycles. The summed E-state index contributed by atoms with van der Waals surface area (Å²) in [5.41, 5.74) is 0.562. The zero-order valence-electron chi connectivity index (χ0n) is 13.5. The molecular formula is C19H20BrNO3. The topological polar surface area (TPSA) is 46.6 Å². The van der Waals surface area contributed by atoms with Crippen molar-refractivity contribution in [3.05, 3.63) is 66.2 Å². The summed E-state index contributed by atoms with van der Waals surface area (Å²) >= 11 is 3.37. The van der Waals surface area contributed by atoms with E-state index in [2.05, 4.69) is 15.9 Å². The number of carbonyl (C=O) groups is 2. The predicted molar refractivity (Wildman–Crippen MR) is 97.4 cm³/mol.